The molecule has 2 aromatic carbocycles. The van der Waals surface area contributed by atoms with Crippen LogP contribution in [0.5, 0.6) is 11.5 Å². The average Bonchev–Trinajstić information content (AvgIpc) is 3.25. The van der Waals surface area contributed by atoms with Crippen LogP contribution in [-0.4, -0.2) is 22.7 Å². The molecule has 4 rings (SSSR count). The van der Waals surface area contributed by atoms with E-state index in [4.69, 9.17) is 21.1 Å². The van der Waals surface area contributed by atoms with Crippen molar-refractivity contribution in [1.29, 1.82) is 0 Å². The molecule has 1 aliphatic rings. The minimum atomic E-state index is -0.108. The highest BCUT2D eigenvalue weighted by Gasteiger charge is 2.21. The lowest BCUT2D eigenvalue weighted by atomic mass is 10.1. The lowest BCUT2D eigenvalue weighted by Crippen LogP contribution is -2.20. The molecule has 0 radical (unpaired) electrons. The van der Waals surface area contributed by atoms with E-state index in [1.165, 1.54) is 0 Å². The molecule has 2 heterocycles. The van der Waals surface area contributed by atoms with Crippen molar-refractivity contribution in [3.8, 4) is 22.8 Å². The quantitative estimate of drug-likeness (QED) is 0.463. The zero-order chi connectivity index (χ0) is 20.2. The molecule has 0 bridgehead atoms. The minimum Gasteiger partial charge on any atom is -0.457 e. The van der Waals surface area contributed by atoms with E-state index in [2.05, 4.69) is 12.0 Å². The Morgan fingerprint density at radius 1 is 1.24 bits per heavy atom. The highest BCUT2D eigenvalue weighted by atomic mass is 35.5. The maximum Gasteiger partial charge on any atom is 0.150 e. The van der Waals surface area contributed by atoms with Gasteiger partial charge in [-0.25, -0.2) is 4.68 Å². The highest BCUT2D eigenvalue weighted by Crippen LogP contribution is 2.37. The van der Waals surface area contributed by atoms with E-state index in [0.29, 0.717) is 17.1 Å². The van der Waals surface area contributed by atoms with Crippen molar-refractivity contribution in [2.75, 3.05) is 6.61 Å². The number of ether oxygens (including phenoxy) is 2. The van der Waals surface area contributed by atoms with Gasteiger partial charge in [-0.1, -0.05) is 18.5 Å². The van der Waals surface area contributed by atoms with Gasteiger partial charge in [0.25, 0.3) is 0 Å². The standard InChI is InChI=1S/C23H23ClN2O3/c1-2-17-14-18(7-8-20(17)24)29-22-9-6-16(15-27)13-19(22)21-10-11-25-26(21)23-5-3-4-12-28-23/h6-11,13-15,23H,2-5,12H2,1H3. The molecule has 1 aromatic heterocycles. The third kappa shape index (κ3) is 4.21. The molecule has 1 saturated heterocycles. The molecule has 0 N–H and O–H groups in total. The van der Waals surface area contributed by atoms with E-state index >= 15 is 0 Å². The number of aromatic nitrogens is 2. The summed E-state index contributed by atoms with van der Waals surface area (Å²) in [6.07, 6.45) is 6.38. The van der Waals surface area contributed by atoms with Gasteiger partial charge in [-0.15, -0.1) is 0 Å². The maximum absolute atomic E-state index is 11.4. The molecule has 1 fully saturated rings. The van der Waals surface area contributed by atoms with Gasteiger partial charge in [0, 0.05) is 29.0 Å². The van der Waals surface area contributed by atoms with E-state index in [1.807, 2.05) is 41.1 Å². The number of rotatable bonds is 6. The minimum absolute atomic E-state index is 0.108. The fourth-order valence-electron chi connectivity index (χ4n) is 3.60. The van der Waals surface area contributed by atoms with Gasteiger partial charge < -0.3 is 9.47 Å². The Hall–Kier alpha value is -2.63. The van der Waals surface area contributed by atoms with Crippen molar-refractivity contribution >= 4 is 17.9 Å². The van der Waals surface area contributed by atoms with Crippen LogP contribution in [0.15, 0.2) is 48.7 Å². The van der Waals surface area contributed by atoms with Crippen LogP contribution < -0.4 is 4.74 Å². The van der Waals surface area contributed by atoms with Crippen molar-refractivity contribution < 1.29 is 14.3 Å². The van der Waals surface area contributed by atoms with Gasteiger partial charge in [0.05, 0.1) is 5.69 Å². The summed E-state index contributed by atoms with van der Waals surface area (Å²) in [5, 5.41) is 5.22. The molecule has 0 saturated carbocycles. The van der Waals surface area contributed by atoms with E-state index in [0.717, 1.165) is 60.4 Å². The van der Waals surface area contributed by atoms with Crippen molar-refractivity contribution in [3.05, 3.63) is 64.8 Å². The Kier molecular flexibility index (Phi) is 5.97. The topological polar surface area (TPSA) is 53.3 Å². The molecule has 29 heavy (non-hydrogen) atoms. The van der Waals surface area contributed by atoms with Crippen LogP contribution in [0.2, 0.25) is 5.02 Å². The molecule has 6 heteroatoms. The number of halogens is 1. The van der Waals surface area contributed by atoms with Gasteiger partial charge in [-0.3, -0.25) is 4.79 Å². The fourth-order valence-corrected chi connectivity index (χ4v) is 3.85. The first kappa shape index (κ1) is 19.7. The summed E-state index contributed by atoms with van der Waals surface area (Å²) >= 11 is 6.24. The molecule has 1 aliphatic heterocycles. The van der Waals surface area contributed by atoms with E-state index in [-0.39, 0.29) is 6.23 Å². The highest BCUT2D eigenvalue weighted by molar-refractivity contribution is 6.31. The van der Waals surface area contributed by atoms with Crippen LogP contribution >= 0.6 is 11.6 Å². The van der Waals surface area contributed by atoms with Gasteiger partial charge >= 0.3 is 0 Å². The molecule has 150 valence electrons. The Labute approximate surface area is 175 Å². The lowest BCUT2D eigenvalue weighted by molar-refractivity contribution is -0.0383. The van der Waals surface area contributed by atoms with Crippen LogP contribution in [0.3, 0.4) is 0 Å². The van der Waals surface area contributed by atoms with Crippen LogP contribution in [0.1, 0.15) is 48.3 Å². The van der Waals surface area contributed by atoms with Gasteiger partial charge in [0.15, 0.2) is 6.23 Å². The Bertz CT molecular complexity index is 1010. The summed E-state index contributed by atoms with van der Waals surface area (Å²) in [7, 11) is 0. The smallest absolute Gasteiger partial charge is 0.150 e. The molecule has 0 spiro atoms. The van der Waals surface area contributed by atoms with Gasteiger partial charge in [-0.2, -0.15) is 5.10 Å². The normalized spacial score (nSPS) is 16.6. The van der Waals surface area contributed by atoms with Crippen LogP contribution in [-0.2, 0) is 11.2 Å². The lowest BCUT2D eigenvalue weighted by Gasteiger charge is -2.25. The molecule has 0 amide bonds. The predicted molar refractivity (Wildman–Crippen MR) is 113 cm³/mol. The molecular weight excluding hydrogens is 388 g/mol. The second-order valence-electron chi connectivity index (χ2n) is 7.06. The van der Waals surface area contributed by atoms with Crippen molar-refractivity contribution in [1.82, 2.24) is 9.78 Å². The molecule has 1 unspecified atom stereocenters. The third-order valence-corrected chi connectivity index (χ3v) is 5.51. The van der Waals surface area contributed by atoms with Gasteiger partial charge in [-0.05, 0) is 73.7 Å². The molecule has 5 nitrogen and oxygen atoms in total. The number of benzene rings is 2. The number of nitrogens with zero attached hydrogens (tertiary/aromatic N) is 2. The SMILES string of the molecule is CCc1cc(Oc2ccc(C=O)cc2-c2ccnn2C2CCCCO2)ccc1Cl. The molecule has 1 atom stereocenters. The summed E-state index contributed by atoms with van der Waals surface area (Å²) in [5.41, 5.74) is 3.26. The van der Waals surface area contributed by atoms with Gasteiger partial charge in [0.2, 0.25) is 0 Å². The maximum atomic E-state index is 11.4. The fraction of sp³-hybridized carbons (Fsp3) is 0.304. The van der Waals surface area contributed by atoms with Crippen molar-refractivity contribution in [2.24, 2.45) is 0 Å². The molecule has 3 aromatic rings. The van der Waals surface area contributed by atoms with Crippen molar-refractivity contribution in [3.63, 3.8) is 0 Å². The third-order valence-electron chi connectivity index (χ3n) is 5.14. The van der Waals surface area contributed by atoms with E-state index < -0.39 is 0 Å². The molecule has 0 aliphatic carbocycles. The summed E-state index contributed by atoms with van der Waals surface area (Å²) in [6.45, 7) is 2.78. The number of aldehydes is 1. The summed E-state index contributed by atoms with van der Waals surface area (Å²) in [4.78, 5) is 11.4. The Morgan fingerprint density at radius 3 is 2.90 bits per heavy atom. The monoisotopic (exact) mass is 410 g/mol. The second-order valence-corrected chi connectivity index (χ2v) is 7.47. The van der Waals surface area contributed by atoms with Gasteiger partial charge in [0.1, 0.15) is 17.8 Å². The first-order chi connectivity index (χ1) is 14.2. The zero-order valence-corrected chi connectivity index (χ0v) is 17.1. The van der Waals surface area contributed by atoms with E-state index in [1.54, 1.807) is 12.3 Å². The number of carbonyl (C=O) groups excluding carboxylic acids is 1. The number of hydrogen-bond donors (Lipinski definition) is 0. The first-order valence-electron chi connectivity index (χ1n) is 9.90. The molecular formula is C23H23ClN2O3. The summed E-state index contributed by atoms with van der Waals surface area (Å²) in [6, 6.07) is 13.0. The predicted octanol–water partition coefficient (Wildman–Crippen LogP) is 6.07. The Morgan fingerprint density at radius 2 is 2.14 bits per heavy atom. The number of hydrogen-bond acceptors (Lipinski definition) is 4. The van der Waals surface area contributed by atoms with Crippen LogP contribution in [0, 0.1) is 0 Å². The zero-order valence-electron chi connectivity index (χ0n) is 16.3. The summed E-state index contributed by atoms with van der Waals surface area (Å²) in [5.74, 6) is 1.35. The van der Waals surface area contributed by atoms with Crippen LogP contribution in [0.4, 0.5) is 0 Å². The first-order valence-corrected chi connectivity index (χ1v) is 10.3. The van der Waals surface area contributed by atoms with E-state index in [9.17, 15) is 4.79 Å². The largest absolute Gasteiger partial charge is 0.457 e. The Balaban J connectivity index is 1.74. The van der Waals surface area contributed by atoms with Crippen molar-refractivity contribution in [2.45, 2.75) is 38.8 Å². The van der Waals surface area contributed by atoms with Crippen LogP contribution in [0.25, 0.3) is 11.3 Å². The second kappa shape index (κ2) is 8.80. The summed E-state index contributed by atoms with van der Waals surface area (Å²) < 4.78 is 14.0. The average molecular weight is 411 g/mol. The number of carbonyl (C=O) groups is 1. The number of aryl methyl sites for hydroxylation is 1.